The number of nitrogens with zero attached hydrogens (tertiary/aromatic N) is 1. The van der Waals surface area contributed by atoms with Gasteiger partial charge in [0.2, 0.25) is 0 Å². The Balaban J connectivity index is 1.71. The molecule has 2 aromatic rings. The molecule has 0 aliphatic carbocycles. The van der Waals surface area contributed by atoms with Crippen LogP contribution in [0.2, 0.25) is 0 Å². The van der Waals surface area contributed by atoms with E-state index in [0.29, 0.717) is 0 Å². The Morgan fingerprint density at radius 3 is 2.50 bits per heavy atom. The summed E-state index contributed by atoms with van der Waals surface area (Å²) in [5.74, 6) is 0. The zero-order chi connectivity index (χ0) is 16.8. The van der Waals surface area contributed by atoms with Crippen LogP contribution in [0.3, 0.4) is 0 Å². The van der Waals surface area contributed by atoms with Gasteiger partial charge in [-0.2, -0.15) is 0 Å². The van der Waals surface area contributed by atoms with Crippen LogP contribution in [0.1, 0.15) is 36.9 Å². The molecule has 24 heavy (non-hydrogen) atoms. The van der Waals surface area contributed by atoms with Crippen LogP contribution in [0.15, 0.2) is 54.9 Å². The van der Waals surface area contributed by atoms with Crippen molar-refractivity contribution < 1.29 is 9.53 Å². The van der Waals surface area contributed by atoms with Gasteiger partial charge in [-0.05, 0) is 43.0 Å². The van der Waals surface area contributed by atoms with Crippen LogP contribution in [0.4, 0.5) is 4.79 Å². The molecule has 1 aliphatic rings. The van der Waals surface area contributed by atoms with Crippen LogP contribution in [-0.2, 0) is 4.74 Å². The molecule has 0 spiro atoms. The van der Waals surface area contributed by atoms with Crippen molar-refractivity contribution in [2.24, 2.45) is 0 Å². The van der Waals surface area contributed by atoms with E-state index < -0.39 is 0 Å². The van der Waals surface area contributed by atoms with Gasteiger partial charge >= 0.3 is 6.03 Å². The van der Waals surface area contributed by atoms with E-state index in [9.17, 15) is 4.79 Å². The molecule has 0 bridgehead atoms. The van der Waals surface area contributed by atoms with Crippen LogP contribution in [-0.4, -0.2) is 29.8 Å². The van der Waals surface area contributed by atoms with Crippen molar-refractivity contribution in [2.45, 2.75) is 38.0 Å². The molecule has 0 saturated carbocycles. The maximum absolute atomic E-state index is 12.5. The molecule has 1 saturated heterocycles. The molecule has 5 nitrogen and oxygen atoms in total. The normalized spacial score (nSPS) is 19.5. The number of benzene rings is 1. The predicted molar refractivity (Wildman–Crippen MR) is 92.6 cm³/mol. The fourth-order valence-electron chi connectivity index (χ4n) is 3.03. The van der Waals surface area contributed by atoms with E-state index in [-0.39, 0.29) is 24.2 Å². The third-order valence-electron chi connectivity index (χ3n) is 4.33. The molecule has 2 heterocycles. The summed E-state index contributed by atoms with van der Waals surface area (Å²) in [5.41, 5.74) is 2.03. The minimum atomic E-state index is -0.217. The topological polar surface area (TPSA) is 63.2 Å². The lowest BCUT2D eigenvalue weighted by Crippen LogP contribution is -2.47. The van der Waals surface area contributed by atoms with E-state index in [2.05, 4.69) is 15.6 Å². The minimum Gasteiger partial charge on any atom is -0.376 e. The Labute approximate surface area is 142 Å². The van der Waals surface area contributed by atoms with E-state index in [1.54, 1.807) is 12.4 Å². The number of hydrogen-bond donors (Lipinski definition) is 2. The Kier molecular flexibility index (Phi) is 5.43. The Morgan fingerprint density at radius 2 is 1.83 bits per heavy atom. The number of ether oxygens (including phenoxy) is 1. The molecule has 1 fully saturated rings. The van der Waals surface area contributed by atoms with Crippen molar-refractivity contribution in [2.75, 3.05) is 6.61 Å². The Hall–Kier alpha value is -2.40. The first-order chi connectivity index (χ1) is 11.7. The summed E-state index contributed by atoms with van der Waals surface area (Å²) in [5, 5.41) is 6.07. The fourth-order valence-corrected chi connectivity index (χ4v) is 3.03. The summed E-state index contributed by atoms with van der Waals surface area (Å²) < 4.78 is 5.64. The minimum absolute atomic E-state index is 0.0126. The zero-order valence-corrected chi connectivity index (χ0v) is 13.8. The van der Waals surface area contributed by atoms with Crippen molar-refractivity contribution in [3.8, 4) is 0 Å². The molecule has 3 rings (SSSR count). The second-order valence-corrected chi connectivity index (χ2v) is 6.08. The molecule has 126 valence electrons. The van der Waals surface area contributed by atoms with E-state index in [0.717, 1.165) is 30.6 Å². The smallest absolute Gasteiger partial charge is 0.315 e. The molecule has 1 aliphatic heterocycles. The number of pyridine rings is 1. The van der Waals surface area contributed by atoms with Crippen LogP contribution in [0.5, 0.6) is 0 Å². The predicted octanol–water partition coefficient (Wildman–Crippen LogP) is 3.04. The van der Waals surface area contributed by atoms with Gasteiger partial charge in [0, 0.05) is 19.0 Å². The van der Waals surface area contributed by atoms with Crippen LogP contribution < -0.4 is 10.6 Å². The van der Waals surface area contributed by atoms with Gasteiger partial charge in [-0.15, -0.1) is 0 Å². The standard InChI is InChI=1S/C19H23N3O2/c1-14(17-8-5-13-24-17)21-19(23)22-18(15-6-3-2-4-7-15)16-9-11-20-12-10-16/h2-4,6-7,9-12,14,17-18H,5,8,13H2,1H3,(H2,21,22,23)/t14-,17+,18-/m0/s1. The van der Waals surface area contributed by atoms with Crippen molar-refractivity contribution in [3.05, 3.63) is 66.0 Å². The van der Waals surface area contributed by atoms with E-state index in [1.807, 2.05) is 49.4 Å². The molecular formula is C19H23N3O2. The van der Waals surface area contributed by atoms with Gasteiger partial charge < -0.3 is 15.4 Å². The van der Waals surface area contributed by atoms with Gasteiger partial charge in [0.15, 0.2) is 0 Å². The molecule has 0 radical (unpaired) electrons. The number of carbonyl (C=O) groups excluding carboxylic acids is 1. The maximum atomic E-state index is 12.5. The van der Waals surface area contributed by atoms with Crippen molar-refractivity contribution >= 4 is 6.03 Å². The number of aromatic nitrogens is 1. The second kappa shape index (κ2) is 7.93. The Morgan fingerprint density at radius 1 is 1.12 bits per heavy atom. The van der Waals surface area contributed by atoms with Crippen LogP contribution >= 0.6 is 0 Å². The monoisotopic (exact) mass is 325 g/mol. The molecule has 2 amide bonds. The maximum Gasteiger partial charge on any atom is 0.315 e. The van der Waals surface area contributed by atoms with Gasteiger partial charge in [-0.25, -0.2) is 4.79 Å². The van der Waals surface area contributed by atoms with E-state index in [1.165, 1.54) is 0 Å². The van der Waals surface area contributed by atoms with E-state index >= 15 is 0 Å². The number of rotatable bonds is 5. The SMILES string of the molecule is C[C@H](NC(=O)N[C@@H](c1ccccc1)c1ccncc1)[C@H]1CCCO1. The molecule has 5 heteroatoms. The lowest BCUT2D eigenvalue weighted by atomic mass is 10.00. The Bertz CT molecular complexity index is 603. The summed E-state index contributed by atoms with van der Waals surface area (Å²) in [4.78, 5) is 16.5. The highest BCUT2D eigenvalue weighted by atomic mass is 16.5. The van der Waals surface area contributed by atoms with Crippen LogP contribution in [0.25, 0.3) is 0 Å². The molecule has 2 N–H and O–H groups in total. The first-order valence-electron chi connectivity index (χ1n) is 8.37. The molecular weight excluding hydrogens is 302 g/mol. The van der Waals surface area contributed by atoms with Gasteiger partial charge in [0.05, 0.1) is 18.2 Å². The summed E-state index contributed by atoms with van der Waals surface area (Å²) in [7, 11) is 0. The first-order valence-corrected chi connectivity index (χ1v) is 8.37. The average Bonchev–Trinajstić information content (AvgIpc) is 3.16. The van der Waals surface area contributed by atoms with Gasteiger partial charge in [0.1, 0.15) is 0 Å². The average molecular weight is 325 g/mol. The lowest BCUT2D eigenvalue weighted by molar-refractivity contribution is 0.0859. The number of amides is 2. The zero-order valence-electron chi connectivity index (χ0n) is 13.8. The number of hydrogen-bond acceptors (Lipinski definition) is 3. The van der Waals surface area contributed by atoms with Gasteiger partial charge in [0.25, 0.3) is 0 Å². The summed E-state index contributed by atoms with van der Waals surface area (Å²) in [6, 6.07) is 13.3. The summed E-state index contributed by atoms with van der Waals surface area (Å²) in [6.45, 7) is 2.77. The van der Waals surface area contributed by atoms with Gasteiger partial charge in [-0.1, -0.05) is 30.3 Å². The molecule has 1 aromatic carbocycles. The van der Waals surface area contributed by atoms with Gasteiger partial charge in [-0.3, -0.25) is 4.98 Å². The first kappa shape index (κ1) is 16.5. The summed E-state index contributed by atoms with van der Waals surface area (Å²) >= 11 is 0. The molecule has 0 unspecified atom stereocenters. The number of carbonyl (C=O) groups is 1. The van der Waals surface area contributed by atoms with Crippen molar-refractivity contribution in [3.63, 3.8) is 0 Å². The molecule has 1 aromatic heterocycles. The highest BCUT2D eigenvalue weighted by Crippen LogP contribution is 2.21. The highest BCUT2D eigenvalue weighted by molar-refractivity contribution is 5.75. The third-order valence-corrected chi connectivity index (χ3v) is 4.33. The highest BCUT2D eigenvalue weighted by Gasteiger charge is 2.25. The third kappa shape index (κ3) is 4.11. The largest absolute Gasteiger partial charge is 0.376 e. The lowest BCUT2D eigenvalue weighted by Gasteiger charge is -2.24. The van der Waals surface area contributed by atoms with Crippen molar-refractivity contribution in [1.82, 2.24) is 15.6 Å². The molecule has 3 atom stereocenters. The second-order valence-electron chi connectivity index (χ2n) is 6.08. The number of urea groups is 1. The van der Waals surface area contributed by atoms with Crippen LogP contribution in [0, 0.1) is 0 Å². The summed E-state index contributed by atoms with van der Waals surface area (Å²) in [6.07, 6.45) is 5.63. The fraction of sp³-hybridized carbons (Fsp3) is 0.368. The van der Waals surface area contributed by atoms with E-state index in [4.69, 9.17) is 4.74 Å². The number of nitrogens with one attached hydrogen (secondary N) is 2. The van der Waals surface area contributed by atoms with Crippen molar-refractivity contribution in [1.29, 1.82) is 0 Å². The quantitative estimate of drug-likeness (QED) is 0.888.